The van der Waals surface area contributed by atoms with E-state index >= 15 is 0 Å². The molecule has 0 aliphatic carbocycles. The zero-order valence-corrected chi connectivity index (χ0v) is 19.8. The number of rotatable bonds is 8. The summed E-state index contributed by atoms with van der Waals surface area (Å²) in [4.78, 5) is 71.1. The maximum atomic E-state index is 13.6. The van der Waals surface area contributed by atoms with E-state index in [1.807, 2.05) is 13.8 Å². The molecule has 3 aromatic rings. The fourth-order valence-electron chi connectivity index (χ4n) is 3.72. The number of carbonyl (C=O) groups is 1. The van der Waals surface area contributed by atoms with Crippen molar-refractivity contribution < 1.29 is 4.79 Å². The maximum Gasteiger partial charge on any atom is 0.332 e. The highest BCUT2D eigenvalue weighted by Gasteiger charge is 2.26. The van der Waals surface area contributed by atoms with Gasteiger partial charge in [0, 0.05) is 27.2 Å². The van der Waals surface area contributed by atoms with Crippen LogP contribution < -0.4 is 33.1 Å². The molecular weight excluding hydrogens is 442 g/mol. The number of anilines is 2. The highest BCUT2D eigenvalue weighted by molar-refractivity contribution is 6.06. The van der Waals surface area contributed by atoms with Crippen molar-refractivity contribution in [3.05, 3.63) is 59.5 Å². The number of nitrogens with two attached hydrogens (primary N) is 1. The molecule has 0 saturated heterocycles. The number of H-pyrrole nitrogens is 1. The molecule has 0 spiro atoms. The molecule has 0 aliphatic rings. The molecule has 0 aromatic carbocycles. The summed E-state index contributed by atoms with van der Waals surface area (Å²) in [5.41, 5.74) is 3.54. The van der Waals surface area contributed by atoms with Gasteiger partial charge < -0.3 is 5.73 Å². The highest BCUT2D eigenvalue weighted by atomic mass is 16.2. The molecule has 0 fully saturated rings. The number of hydrogen-bond acceptors (Lipinski definition) is 7. The average Bonchev–Trinajstić information content (AvgIpc) is 2.82. The van der Waals surface area contributed by atoms with Crippen molar-refractivity contribution in [2.24, 2.45) is 14.1 Å². The first kappa shape index (κ1) is 24.7. The molecule has 3 rings (SSSR count). The van der Waals surface area contributed by atoms with Gasteiger partial charge in [-0.15, -0.1) is 0 Å². The number of fused-ring (bicyclic) bond motifs is 1. The third-order valence-corrected chi connectivity index (χ3v) is 5.72. The maximum absolute atomic E-state index is 13.6. The molecule has 3 heterocycles. The van der Waals surface area contributed by atoms with Gasteiger partial charge in [0.1, 0.15) is 17.2 Å². The summed E-state index contributed by atoms with van der Waals surface area (Å²) < 4.78 is 3.38. The zero-order valence-electron chi connectivity index (χ0n) is 19.8. The summed E-state index contributed by atoms with van der Waals surface area (Å²) in [6.45, 7) is 4.33. The number of nitrogens with one attached hydrogen (secondary N) is 1. The zero-order chi connectivity index (χ0) is 25.2. The van der Waals surface area contributed by atoms with Crippen LogP contribution >= 0.6 is 0 Å². The van der Waals surface area contributed by atoms with E-state index in [0.717, 1.165) is 17.4 Å². The van der Waals surface area contributed by atoms with Crippen LogP contribution in [0.15, 0.2) is 31.3 Å². The van der Waals surface area contributed by atoms with E-state index in [4.69, 9.17) is 5.73 Å². The van der Waals surface area contributed by atoms with E-state index in [1.165, 1.54) is 40.3 Å². The van der Waals surface area contributed by atoms with Gasteiger partial charge in [0.2, 0.25) is 0 Å². The normalized spacial score (nSPS) is 11.2. The molecule has 0 unspecified atom stereocenters. The quantitative estimate of drug-likeness (QED) is 0.478. The Bertz CT molecular complexity index is 1480. The second-order valence-corrected chi connectivity index (χ2v) is 8.08. The van der Waals surface area contributed by atoms with Gasteiger partial charge in [-0.2, -0.15) is 0 Å². The van der Waals surface area contributed by atoms with E-state index in [0.29, 0.717) is 19.4 Å². The third-order valence-electron chi connectivity index (χ3n) is 5.72. The summed E-state index contributed by atoms with van der Waals surface area (Å²) >= 11 is 0. The van der Waals surface area contributed by atoms with Gasteiger partial charge >= 0.3 is 11.4 Å². The lowest BCUT2D eigenvalue weighted by atomic mass is 10.2. The summed E-state index contributed by atoms with van der Waals surface area (Å²) in [5.74, 6) is -0.741. The van der Waals surface area contributed by atoms with E-state index in [-0.39, 0.29) is 34.8 Å². The topological polar surface area (TPSA) is 158 Å². The molecular formula is C22H29N7O5. The largest absolute Gasteiger partial charge is 0.383 e. The Balaban J connectivity index is 2.20. The van der Waals surface area contributed by atoms with Crippen LogP contribution in [-0.4, -0.2) is 36.1 Å². The van der Waals surface area contributed by atoms with Crippen LogP contribution in [0, 0.1) is 0 Å². The summed E-state index contributed by atoms with van der Waals surface area (Å²) in [6, 6.07) is 2.79. The SMILES string of the molecule is CCCCN(C(=O)c1ccc2c(=O)n(C)c(=O)n(C)c2n1)c1c(N)n(CCCC)c(=O)[nH]c1=O. The van der Waals surface area contributed by atoms with Crippen LogP contribution in [-0.2, 0) is 20.6 Å². The van der Waals surface area contributed by atoms with Gasteiger partial charge in [-0.3, -0.25) is 38.0 Å². The number of carbonyl (C=O) groups excluding carboxylic acids is 1. The Kier molecular flexibility index (Phi) is 7.18. The molecule has 3 N–H and O–H groups in total. The Labute approximate surface area is 194 Å². The molecule has 182 valence electrons. The molecule has 12 heteroatoms. The Morgan fingerprint density at radius 3 is 2.38 bits per heavy atom. The molecule has 0 aliphatic heterocycles. The first-order valence-corrected chi connectivity index (χ1v) is 11.1. The van der Waals surface area contributed by atoms with Crippen molar-refractivity contribution in [2.75, 3.05) is 17.2 Å². The lowest BCUT2D eigenvalue weighted by molar-refractivity contribution is 0.0981. The Hall–Kier alpha value is -3.96. The van der Waals surface area contributed by atoms with Crippen molar-refractivity contribution >= 4 is 28.4 Å². The average molecular weight is 472 g/mol. The van der Waals surface area contributed by atoms with Crippen LogP contribution in [0.25, 0.3) is 11.0 Å². The third kappa shape index (κ3) is 4.30. The molecule has 0 atom stereocenters. The number of aryl methyl sites for hydroxylation is 1. The van der Waals surface area contributed by atoms with Crippen molar-refractivity contribution in [2.45, 2.75) is 46.1 Å². The number of unbranched alkanes of at least 4 members (excludes halogenated alkanes) is 2. The van der Waals surface area contributed by atoms with Gasteiger partial charge in [-0.25, -0.2) is 14.6 Å². The van der Waals surface area contributed by atoms with E-state index in [1.54, 1.807) is 0 Å². The number of aromatic amines is 1. The van der Waals surface area contributed by atoms with Gasteiger partial charge in [-0.05, 0) is 25.0 Å². The predicted octanol–water partition coefficient (Wildman–Crippen LogP) is 0.311. The summed E-state index contributed by atoms with van der Waals surface area (Å²) in [7, 11) is 2.81. The fraction of sp³-hybridized carbons (Fsp3) is 0.455. The van der Waals surface area contributed by atoms with Crippen LogP contribution in [0.1, 0.15) is 50.0 Å². The number of pyridine rings is 1. The second kappa shape index (κ2) is 9.89. The lowest BCUT2D eigenvalue weighted by Crippen LogP contribution is -2.42. The minimum atomic E-state index is -0.776. The highest BCUT2D eigenvalue weighted by Crippen LogP contribution is 2.20. The second-order valence-electron chi connectivity index (χ2n) is 8.08. The van der Waals surface area contributed by atoms with E-state index < -0.39 is 28.4 Å². The van der Waals surface area contributed by atoms with Crippen molar-refractivity contribution in [1.82, 2.24) is 23.7 Å². The number of aromatic nitrogens is 5. The Morgan fingerprint density at radius 1 is 1.06 bits per heavy atom. The van der Waals surface area contributed by atoms with Crippen LogP contribution in [0.5, 0.6) is 0 Å². The number of hydrogen-bond donors (Lipinski definition) is 2. The van der Waals surface area contributed by atoms with E-state index in [2.05, 4.69) is 9.97 Å². The summed E-state index contributed by atoms with van der Waals surface area (Å²) in [6.07, 6.45) is 2.75. The standard InChI is InChI=1S/C22H29N7O5/c1-5-7-11-28(15-16(23)29(12-8-6-2)21(33)25-18(15)30)20(32)14-10-9-13-17(24-14)26(3)22(34)27(4)19(13)31/h9-10H,5-8,11-12,23H2,1-4H3,(H,25,30,33). The predicted molar refractivity (Wildman–Crippen MR) is 129 cm³/mol. The van der Waals surface area contributed by atoms with E-state index in [9.17, 15) is 24.0 Å². The molecule has 0 saturated carbocycles. The molecule has 3 aromatic heterocycles. The van der Waals surface area contributed by atoms with Crippen LogP contribution in [0.4, 0.5) is 11.5 Å². The van der Waals surface area contributed by atoms with Crippen molar-refractivity contribution in [3.63, 3.8) is 0 Å². The first-order valence-electron chi connectivity index (χ1n) is 11.1. The fourth-order valence-corrected chi connectivity index (χ4v) is 3.72. The number of amides is 1. The molecule has 12 nitrogen and oxygen atoms in total. The minimum Gasteiger partial charge on any atom is -0.383 e. The van der Waals surface area contributed by atoms with Gasteiger partial charge in [-0.1, -0.05) is 26.7 Å². The lowest BCUT2D eigenvalue weighted by Gasteiger charge is -2.24. The first-order chi connectivity index (χ1) is 16.1. The number of nitrogen functional groups attached to an aromatic ring is 1. The van der Waals surface area contributed by atoms with Gasteiger partial charge in [0.15, 0.2) is 5.69 Å². The molecule has 34 heavy (non-hydrogen) atoms. The number of nitrogens with zero attached hydrogens (tertiary/aromatic N) is 5. The monoisotopic (exact) mass is 471 g/mol. The summed E-state index contributed by atoms with van der Waals surface area (Å²) in [5, 5.41) is 0.173. The molecule has 0 bridgehead atoms. The van der Waals surface area contributed by atoms with Crippen molar-refractivity contribution in [3.8, 4) is 0 Å². The van der Waals surface area contributed by atoms with Crippen LogP contribution in [0.3, 0.4) is 0 Å². The molecule has 1 amide bonds. The smallest absolute Gasteiger partial charge is 0.332 e. The molecule has 0 radical (unpaired) electrons. The Morgan fingerprint density at radius 2 is 1.74 bits per heavy atom. The van der Waals surface area contributed by atoms with Gasteiger partial charge in [0.25, 0.3) is 17.0 Å². The van der Waals surface area contributed by atoms with Crippen LogP contribution in [0.2, 0.25) is 0 Å². The van der Waals surface area contributed by atoms with Gasteiger partial charge in [0.05, 0.1) is 5.39 Å². The van der Waals surface area contributed by atoms with Crippen molar-refractivity contribution in [1.29, 1.82) is 0 Å². The minimum absolute atomic E-state index is 0.0455.